The first-order valence-corrected chi connectivity index (χ1v) is 7.51. The van der Waals surface area contributed by atoms with E-state index in [1.807, 2.05) is 0 Å². The number of carbonyl (C=O) groups is 3. The van der Waals surface area contributed by atoms with E-state index in [1.165, 1.54) is 6.07 Å². The molecular weight excluding hydrogens is 343 g/mol. The zero-order valence-corrected chi connectivity index (χ0v) is 13.5. The number of nitrogens with zero attached hydrogens (tertiary/aromatic N) is 1. The zero-order valence-electron chi connectivity index (χ0n) is 12.7. The average molecular weight is 361 g/mol. The van der Waals surface area contributed by atoms with Crippen LogP contribution >= 0.6 is 11.6 Å². The van der Waals surface area contributed by atoms with E-state index in [9.17, 15) is 9.18 Å². The topological polar surface area (TPSA) is 121 Å². The number of benzene rings is 1. The molecule has 132 valence electrons. The Bertz CT molecular complexity index is 586. The molecule has 1 aromatic rings. The van der Waals surface area contributed by atoms with Gasteiger partial charge in [-0.15, -0.1) is 0 Å². The van der Waals surface area contributed by atoms with E-state index >= 15 is 0 Å². The Morgan fingerprint density at radius 2 is 1.75 bits per heavy atom. The lowest BCUT2D eigenvalue weighted by Gasteiger charge is -2.30. The summed E-state index contributed by atoms with van der Waals surface area (Å²) in [7, 11) is 0. The van der Waals surface area contributed by atoms with E-state index in [-0.39, 0.29) is 17.6 Å². The quantitative estimate of drug-likeness (QED) is 0.699. The van der Waals surface area contributed by atoms with Crippen molar-refractivity contribution in [3.63, 3.8) is 0 Å². The Labute approximate surface area is 142 Å². The van der Waals surface area contributed by atoms with Crippen LogP contribution in [0.25, 0.3) is 0 Å². The predicted molar refractivity (Wildman–Crippen MR) is 83.9 cm³/mol. The maximum absolute atomic E-state index is 13.6. The fourth-order valence-corrected chi connectivity index (χ4v) is 2.51. The summed E-state index contributed by atoms with van der Waals surface area (Å²) in [5.74, 6) is -4.21. The molecule has 0 atom stereocenters. The number of piperidine rings is 1. The minimum absolute atomic E-state index is 0.0441. The van der Waals surface area contributed by atoms with Crippen LogP contribution in [0.15, 0.2) is 18.2 Å². The molecule has 1 amide bonds. The van der Waals surface area contributed by atoms with Gasteiger partial charge in [-0.2, -0.15) is 0 Å². The first-order valence-electron chi connectivity index (χ1n) is 7.13. The molecule has 0 radical (unpaired) electrons. The minimum atomic E-state index is -1.82. The Morgan fingerprint density at radius 1 is 1.21 bits per heavy atom. The summed E-state index contributed by atoms with van der Waals surface area (Å²) in [5, 5.41) is 15.2. The van der Waals surface area contributed by atoms with Crippen molar-refractivity contribution in [2.75, 3.05) is 13.1 Å². The van der Waals surface area contributed by atoms with Crippen LogP contribution in [0.3, 0.4) is 0 Å². The van der Waals surface area contributed by atoms with Gasteiger partial charge in [0.15, 0.2) is 0 Å². The second-order valence-corrected chi connectivity index (χ2v) is 5.67. The first kappa shape index (κ1) is 19.9. The number of hydrogen-bond donors (Lipinski definition) is 3. The van der Waals surface area contributed by atoms with E-state index in [0.29, 0.717) is 17.1 Å². The van der Waals surface area contributed by atoms with Crippen molar-refractivity contribution in [2.24, 2.45) is 11.7 Å². The van der Waals surface area contributed by atoms with E-state index in [4.69, 9.17) is 37.1 Å². The number of aliphatic carboxylic acids is 2. The molecule has 1 saturated heterocycles. The van der Waals surface area contributed by atoms with Gasteiger partial charge in [0, 0.05) is 23.0 Å². The number of halogens is 2. The van der Waals surface area contributed by atoms with Crippen LogP contribution < -0.4 is 5.73 Å². The lowest BCUT2D eigenvalue weighted by Crippen LogP contribution is -2.38. The van der Waals surface area contributed by atoms with Gasteiger partial charge < -0.3 is 15.9 Å². The lowest BCUT2D eigenvalue weighted by atomic mass is 9.96. The SMILES string of the molecule is NC(=O)C1CCN(Cc2c(F)cccc2Cl)CC1.O=C(O)C(=O)O. The van der Waals surface area contributed by atoms with E-state index < -0.39 is 11.9 Å². The van der Waals surface area contributed by atoms with Gasteiger partial charge in [0.05, 0.1) is 0 Å². The Morgan fingerprint density at radius 3 is 2.17 bits per heavy atom. The van der Waals surface area contributed by atoms with Crippen LogP contribution in [-0.4, -0.2) is 46.0 Å². The Balaban J connectivity index is 0.000000413. The summed E-state index contributed by atoms with van der Waals surface area (Å²) < 4.78 is 13.6. The summed E-state index contributed by atoms with van der Waals surface area (Å²) in [4.78, 5) is 31.4. The van der Waals surface area contributed by atoms with Crippen LogP contribution in [0.1, 0.15) is 18.4 Å². The predicted octanol–water partition coefficient (Wildman–Crippen LogP) is 1.33. The molecular formula is C15H18ClFN2O5. The van der Waals surface area contributed by atoms with Gasteiger partial charge in [-0.1, -0.05) is 17.7 Å². The van der Waals surface area contributed by atoms with Crippen LogP contribution in [0.5, 0.6) is 0 Å². The number of carbonyl (C=O) groups excluding carboxylic acids is 1. The molecule has 0 unspecified atom stereocenters. The third-order valence-electron chi connectivity index (χ3n) is 3.62. The number of rotatable bonds is 3. The van der Waals surface area contributed by atoms with Gasteiger partial charge in [-0.05, 0) is 38.1 Å². The summed E-state index contributed by atoms with van der Waals surface area (Å²) in [6.07, 6.45) is 1.48. The number of carboxylic acid groups (broad SMARTS) is 2. The number of nitrogens with two attached hydrogens (primary N) is 1. The smallest absolute Gasteiger partial charge is 0.414 e. The highest BCUT2D eigenvalue weighted by molar-refractivity contribution is 6.31. The molecule has 1 aliphatic rings. The highest BCUT2D eigenvalue weighted by Gasteiger charge is 2.24. The second-order valence-electron chi connectivity index (χ2n) is 5.26. The fraction of sp³-hybridized carbons (Fsp3) is 0.400. The zero-order chi connectivity index (χ0) is 18.3. The molecule has 24 heavy (non-hydrogen) atoms. The largest absolute Gasteiger partial charge is 0.473 e. The van der Waals surface area contributed by atoms with Crippen molar-refractivity contribution in [1.82, 2.24) is 4.90 Å². The number of primary amides is 1. The highest BCUT2D eigenvalue weighted by Crippen LogP contribution is 2.24. The highest BCUT2D eigenvalue weighted by atomic mass is 35.5. The van der Waals surface area contributed by atoms with Gasteiger partial charge >= 0.3 is 11.9 Å². The van der Waals surface area contributed by atoms with E-state index in [1.54, 1.807) is 12.1 Å². The van der Waals surface area contributed by atoms with Crippen molar-refractivity contribution >= 4 is 29.4 Å². The fourth-order valence-electron chi connectivity index (χ4n) is 2.28. The van der Waals surface area contributed by atoms with Crippen molar-refractivity contribution in [1.29, 1.82) is 0 Å². The molecule has 0 aliphatic carbocycles. The summed E-state index contributed by atoms with van der Waals surface area (Å²) in [5.41, 5.74) is 5.80. The molecule has 1 heterocycles. The van der Waals surface area contributed by atoms with Crippen molar-refractivity contribution in [3.8, 4) is 0 Å². The molecule has 9 heteroatoms. The molecule has 0 saturated carbocycles. The average Bonchev–Trinajstić information content (AvgIpc) is 2.52. The third kappa shape index (κ3) is 6.13. The van der Waals surface area contributed by atoms with Crippen molar-refractivity contribution in [2.45, 2.75) is 19.4 Å². The number of hydrogen-bond acceptors (Lipinski definition) is 4. The molecule has 1 aliphatic heterocycles. The van der Waals surface area contributed by atoms with Gasteiger partial charge in [-0.3, -0.25) is 9.69 Å². The molecule has 4 N–H and O–H groups in total. The Kier molecular flexibility index (Phi) is 7.60. The summed E-state index contributed by atoms with van der Waals surface area (Å²) in [6, 6.07) is 4.70. The molecule has 1 aromatic carbocycles. The van der Waals surface area contributed by atoms with Gasteiger partial charge in [0.1, 0.15) is 5.82 Å². The van der Waals surface area contributed by atoms with Gasteiger partial charge in [0.25, 0.3) is 0 Å². The maximum Gasteiger partial charge on any atom is 0.414 e. The van der Waals surface area contributed by atoms with E-state index in [0.717, 1.165) is 25.9 Å². The van der Waals surface area contributed by atoms with Gasteiger partial charge in [-0.25, -0.2) is 14.0 Å². The molecule has 0 aromatic heterocycles. The van der Waals surface area contributed by atoms with Crippen LogP contribution in [-0.2, 0) is 20.9 Å². The van der Waals surface area contributed by atoms with Crippen molar-refractivity contribution < 1.29 is 29.0 Å². The molecule has 1 fully saturated rings. The number of likely N-dealkylation sites (tertiary alicyclic amines) is 1. The van der Waals surface area contributed by atoms with Gasteiger partial charge in [0.2, 0.25) is 5.91 Å². The summed E-state index contributed by atoms with van der Waals surface area (Å²) >= 11 is 5.99. The Hall–Kier alpha value is -2.19. The molecule has 0 spiro atoms. The summed E-state index contributed by atoms with van der Waals surface area (Å²) in [6.45, 7) is 1.98. The first-order chi connectivity index (χ1) is 11.2. The molecule has 0 bridgehead atoms. The third-order valence-corrected chi connectivity index (χ3v) is 3.97. The normalized spacial score (nSPS) is 15.2. The molecule has 2 rings (SSSR count). The monoisotopic (exact) mass is 360 g/mol. The second kappa shape index (κ2) is 9.19. The molecule has 7 nitrogen and oxygen atoms in total. The number of carboxylic acids is 2. The number of amides is 1. The maximum atomic E-state index is 13.6. The minimum Gasteiger partial charge on any atom is -0.473 e. The lowest BCUT2D eigenvalue weighted by molar-refractivity contribution is -0.159. The van der Waals surface area contributed by atoms with Crippen LogP contribution in [0, 0.1) is 11.7 Å². The standard InChI is InChI=1S/C13H16ClFN2O.C2H2O4/c14-11-2-1-3-12(15)10(11)8-17-6-4-9(5-7-17)13(16)18;3-1(4)2(5)6/h1-3,9H,4-8H2,(H2,16,18);(H,3,4)(H,5,6). The van der Waals surface area contributed by atoms with Crippen LogP contribution in [0.2, 0.25) is 5.02 Å². The van der Waals surface area contributed by atoms with Crippen molar-refractivity contribution in [3.05, 3.63) is 34.6 Å². The van der Waals surface area contributed by atoms with E-state index in [2.05, 4.69) is 4.90 Å². The van der Waals surface area contributed by atoms with Crippen LogP contribution in [0.4, 0.5) is 4.39 Å².